The number of thioether (sulfide) groups is 1. The van der Waals surface area contributed by atoms with Crippen LogP contribution in [0.25, 0.3) is 0 Å². The lowest BCUT2D eigenvalue weighted by Gasteiger charge is -2.32. The number of amides is 3. The number of para-hydroxylation sites is 1. The van der Waals surface area contributed by atoms with Gasteiger partial charge in [0.15, 0.2) is 0 Å². The smallest absolute Gasteiger partial charge is 0.308 e. The van der Waals surface area contributed by atoms with Gasteiger partial charge in [-0.2, -0.15) is 0 Å². The molecular weight excluding hydrogens is 550 g/mol. The molecule has 2 fully saturated rings. The molecule has 0 radical (unpaired) electrons. The van der Waals surface area contributed by atoms with Crippen molar-refractivity contribution in [1.82, 2.24) is 9.47 Å². The lowest BCUT2D eigenvalue weighted by molar-refractivity contribution is -0.133. The maximum atomic E-state index is 14.1. The number of aromatic nitrogens is 1. The van der Waals surface area contributed by atoms with Gasteiger partial charge in [0.2, 0.25) is 17.7 Å². The second-order valence-corrected chi connectivity index (χ2v) is 12.2. The predicted molar refractivity (Wildman–Crippen MR) is 152 cm³/mol. The van der Waals surface area contributed by atoms with E-state index in [1.165, 1.54) is 21.2 Å². The summed E-state index contributed by atoms with van der Waals surface area (Å²) in [4.78, 5) is 58.0. The van der Waals surface area contributed by atoms with Crippen LogP contribution in [-0.2, 0) is 20.9 Å². The highest BCUT2D eigenvalue weighted by atomic mass is 32.2. The number of methoxy groups -OCH3 is 2. The van der Waals surface area contributed by atoms with E-state index >= 15 is 0 Å². The zero-order valence-electron chi connectivity index (χ0n) is 22.2. The van der Waals surface area contributed by atoms with Crippen molar-refractivity contribution in [2.24, 2.45) is 5.92 Å². The highest BCUT2D eigenvalue weighted by Crippen LogP contribution is 2.55. The average Bonchev–Trinajstić information content (AvgIpc) is 3.43. The van der Waals surface area contributed by atoms with Gasteiger partial charge in [-0.1, -0.05) is 41.3 Å². The fourth-order valence-electron chi connectivity index (χ4n) is 5.88. The van der Waals surface area contributed by atoms with Crippen molar-refractivity contribution in [3.8, 4) is 11.5 Å². The summed E-state index contributed by atoms with van der Waals surface area (Å²) < 4.78 is 12.4. The number of hydrogen-bond donors (Lipinski definition) is 0. The average molecular weight is 580 g/mol. The van der Waals surface area contributed by atoms with Crippen molar-refractivity contribution >= 4 is 46.5 Å². The molecular formula is C29H29N3O6S2. The SMILES string of the molecule is COc1ccc(N2C(=O)[C@H]3[C@H](c4ccccc4OC)c4sc(=O)n(CC(=O)N5CCCCC5)c4S[C@H]3C2=O)cc1. The van der Waals surface area contributed by atoms with Gasteiger partial charge in [-0.3, -0.25) is 23.7 Å². The Labute approximate surface area is 239 Å². The van der Waals surface area contributed by atoms with Crippen LogP contribution >= 0.6 is 23.1 Å². The largest absolute Gasteiger partial charge is 0.497 e. The van der Waals surface area contributed by atoms with Crippen LogP contribution in [0.15, 0.2) is 58.4 Å². The summed E-state index contributed by atoms with van der Waals surface area (Å²) in [6.07, 6.45) is 3.00. The standard InChI is InChI=1S/C29H29N3O6S2/c1-37-18-12-10-17(11-13-18)32-26(34)23-22(19-8-4-5-9-20(19)38-2)25-28(39-24(23)27(32)35)31(29(36)40-25)16-21(33)30-14-6-3-7-15-30/h4-5,8-13,22-24H,3,6-7,14-16H2,1-2H3/t22-,23-,24+/m0/s1. The molecule has 0 unspecified atom stereocenters. The summed E-state index contributed by atoms with van der Waals surface area (Å²) >= 11 is 2.26. The third-order valence-corrected chi connectivity index (χ3v) is 10.5. The second-order valence-electron chi connectivity index (χ2n) is 10.1. The number of likely N-dealkylation sites (tertiary alicyclic amines) is 1. The molecule has 208 valence electrons. The maximum Gasteiger partial charge on any atom is 0.308 e. The summed E-state index contributed by atoms with van der Waals surface area (Å²) in [5.41, 5.74) is 1.20. The number of carbonyl (C=O) groups is 3. The highest BCUT2D eigenvalue weighted by molar-refractivity contribution is 8.00. The Morgan fingerprint density at radius 1 is 0.925 bits per heavy atom. The van der Waals surface area contributed by atoms with Crippen LogP contribution in [0.3, 0.4) is 0 Å². The minimum atomic E-state index is -0.762. The number of thiazole rings is 1. The zero-order chi connectivity index (χ0) is 28.0. The number of imide groups is 1. The van der Waals surface area contributed by atoms with Crippen LogP contribution < -0.4 is 19.2 Å². The van der Waals surface area contributed by atoms with Crippen molar-refractivity contribution < 1.29 is 23.9 Å². The Bertz CT molecular complexity index is 1530. The molecule has 2 saturated heterocycles. The third-order valence-electron chi connectivity index (χ3n) is 7.86. The first-order chi connectivity index (χ1) is 19.4. The molecule has 3 aliphatic heterocycles. The molecule has 3 amide bonds. The fraction of sp³-hybridized carbons (Fsp3) is 0.379. The van der Waals surface area contributed by atoms with Crippen LogP contribution in [0.1, 0.15) is 35.6 Å². The van der Waals surface area contributed by atoms with Gasteiger partial charge in [-0.05, 0) is 49.6 Å². The zero-order valence-corrected chi connectivity index (χ0v) is 23.8. The van der Waals surface area contributed by atoms with Gasteiger partial charge in [0.05, 0.1) is 30.9 Å². The molecule has 11 heteroatoms. The van der Waals surface area contributed by atoms with E-state index in [-0.39, 0.29) is 29.1 Å². The van der Waals surface area contributed by atoms with E-state index in [0.717, 1.165) is 36.2 Å². The Balaban J connectivity index is 1.45. The first-order valence-corrected chi connectivity index (χ1v) is 14.9. The van der Waals surface area contributed by atoms with Crippen molar-refractivity contribution in [3.63, 3.8) is 0 Å². The number of piperidine rings is 1. The van der Waals surface area contributed by atoms with Gasteiger partial charge in [0.1, 0.15) is 23.3 Å². The van der Waals surface area contributed by atoms with Crippen LogP contribution in [0, 0.1) is 5.92 Å². The van der Waals surface area contributed by atoms with Crippen molar-refractivity contribution in [3.05, 3.63) is 68.6 Å². The second kappa shape index (κ2) is 10.8. The van der Waals surface area contributed by atoms with Crippen LogP contribution in [-0.4, -0.2) is 59.7 Å². The molecule has 0 bridgehead atoms. The Hall–Kier alpha value is -3.57. The highest BCUT2D eigenvalue weighted by Gasteiger charge is 2.57. The van der Waals surface area contributed by atoms with Gasteiger partial charge in [-0.25, -0.2) is 4.90 Å². The lowest BCUT2D eigenvalue weighted by Crippen LogP contribution is -2.39. The van der Waals surface area contributed by atoms with Gasteiger partial charge in [0, 0.05) is 29.4 Å². The number of benzene rings is 2. The molecule has 40 heavy (non-hydrogen) atoms. The topological polar surface area (TPSA) is 98.2 Å². The van der Waals surface area contributed by atoms with E-state index in [9.17, 15) is 19.2 Å². The van der Waals surface area contributed by atoms with Gasteiger partial charge >= 0.3 is 4.87 Å². The molecule has 1 aromatic heterocycles. The first-order valence-electron chi connectivity index (χ1n) is 13.3. The number of fused-ring (bicyclic) bond motifs is 2. The number of rotatable bonds is 6. The summed E-state index contributed by atoms with van der Waals surface area (Å²) in [6.45, 7) is 1.29. The molecule has 0 aliphatic carbocycles. The van der Waals surface area contributed by atoms with Crippen molar-refractivity contribution in [1.29, 1.82) is 0 Å². The van der Waals surface area contributed by atoms with E-state index < -0.39 is 17.1 Å². The Kier molecular flexibility index (Phi) is 7.18. The van der Waals surface area contributed by atoms with Gasteiger partial charge < -0.3 is 14.4 Å². The molecule has 0 saturated carbocycles. The monoisotopic (exact) mass is 579 g/mol. The van der Waals surface area contributed by atoms with Gasteiger partial charge in [-0.15, -0.1) is 0 Å². The first kappa shape index (κ1) is 26.6. The molecule has 3 aliphatic rings. The van der Waals surface area contributed by atoms with Crippen LogP contribution in [0.2, 0.25) is 0 Å². The summed E-state index contributed by atoms with van der Waals surface area (Å²) in [5.74, 6) is -0.911. The number of carbonyl (C=O) groups excluding carboxylic acids is 3. The van der Waals surface area contributed by atoms with Crippen LogP contribution in [0.4, 0.5) is 5.69 Å². The number of anilines is 1. The fourth-order valence-corrected chi connectivity index (χ4v) is 8.64. The molecule has 0 N–H and O–H groups in total. The summed E-state index contributed by atoms with van der Waals surface area (Å²) in [7, 11) is 3.11. The van der Waals surface area contributed by atoms with Crippen molar-refractivity contribution in [2.45, 2.75) is 42.0 Å². The van der Waals surface area contributed by atoms with E-state index in [0.29, 0.717) is 40.2 Å². The number of hydrogen-bond acceptors (Lipinski definition) is 8. The Morgan fingerprint density at radius 3 is 2.35 bits per heavy atom. The van der Waals surface area contributed by atoms with Crippen LogP contribution in [0.5, 0.6) is 11.5 Å². The molecule has 0 spiro atoms. The summed E-state index contributed by atoms with van der Waals surface area (Å²) in [6, 6.07) is 14.2. The van der Waals surface area contributed by atoms with Gasteiger partial charge in [0.25, 0.3) is 0 Å². The minimum Gasteiger partial charge on any atom is -0.497 e. The third kappa shape index (κ3) is 4.41. The van der Waals surface area contributed by atoms with E-state index in [2.05, 4.69) is 0 Å². The molecule has 4 heterocycles. The van der Waals surface area contributed by atoms with E-state index in [4.69, 9.17) is 9.47 Å². The maximum absolute atomic E-state index is 14.1. The van der Waals surface area contributed by atoms with Crippen molar-refractivity contribution in [2.75, 3.05) is 32.2 Å². The summed E-state index contributed by atoms with van der Waals surface area (Å²) in [5, 5.41) is -0.183. The van der Waals surface area contributed by atoms with E-state index in [1.54, 1.807) is 38.5 Å². The quantitative estimate of drug-likeness (QED) is 0.411. The number of ether oxygens (including phenoxy) is 2. The predicted octanol–water partition coefficient (Wildman–Crippen LogP) is 3.74. The Morgan fingerprint density at radius 2 is 1.65 bits per heavy atom. The normalized spacial score (nSPS) is 22.2. The molecule has 6 rings (SSSR count). The van der Waals surface area contributed by atoms with E-state index in [1.807, 2.05) is 29.2 Å². The molecule has 2 aromatic carbocycles. The molecule has 3 aromatic rings. The lowest BCUT2D eigenvalue weighted by atomic mass is 9.82. The molecule has 3 atom stereocenters. The number of nitrogens with zero attached hydrogens (tertiary/aromatic N) is 3. The molecule has 9 nitrogen and oxygen atoms in total. The minimum absolute atomic E-state index is 0.0853.